The number of aromatic nitrogens is 15. The zero-order chi connectivity index (χ0) is 92.3. The van der Waals surface area contributed by atoms with Crippen LogP contribution in [0.2, 0.25) is 15.7 Å². The first kappa shape index (κ1) is 93.7. The number of alkyl halides is 1. The largest absolute Gasteiger partial charge is 0.491 e. The Kier molecular flexibility index (Phi) is 34.0. The van der Waals surface area contributed by atoms with Gasteiger partial charge in [-0.05, 0) is 116 Å². The Hall–Kier alpha value is -15.4. The van der Waals surface area contributed by atoms with Crippen LogP contribution in [0.25, 0.3) is 72.2 Å². The fourth-order valence-electron chi connectivity index (χ4n) is 14.6. The molecule has 0 aliphatic rings. The van der Waals surface area contributed by atoms with Gasteiger partial charge in [-0.15, -0.1) is 11.6 Å². The highest BCUT2D eigenvalue weighted by Crippen LogP contribution is 2.34. The first-order valence-electron chi connectivity index (χ1n) is 42.4. The van der Waals surface area contributed by atoms with Crippen molar-refractivity contribution in [2.75, 3.05) is 59.5 Å². The van der Waals surface area contributed by atoms with Gasteiger partial charge in [0.05, 0.1) is 39.1 Å². The molecule has 0 unspecified atom stereocenters. The first-order valence-corrected chi connectivity index (χ1v) is 44.1. The molecule has 0 spiro atoms. The van der Waals surface area contributed by atoms with Crippen LogP contribution in [0.15, 0.2) is 389 Å². The quantitative estimate of drug-likeness (QED) is 0.0103. The van der Waals surface area contributed by atoms with E-state index in [9.17, 15) is 0 Å². The minimum absolute atomic E-state index is 0.111. The second-order valence-corrected chi connectivity index (χ2v) is 31.1. The Balaban J connectivity index is 0.000000133. The van der Waals surface area contributed by atoms with Crippen LogP contribution >= 0.6 is 46.4 Å². The van der Waals surface area contributed by atoms with Gasteiger partial charge < -0.3 is 48.0 Å². The number of nitrogens with zero attached hydrogens (tertiary/aromatic N) is 15. The standard InChI is InChI=1S/C28H22N6.C26H22N6.C22H18ClN3.C14H15N.C8H4Cl2N2.C4H6BN3O2.C2H3ClO/c1-3-9-20(10-4-1)24(21-11-5-2-6-12-21)18-30-27-23-13-7-8-14-25(23)32-26(33-27)22-17-31-28-29-15-16-34(28)19-22;27-26-29-15-20(16-30-26)24-31-23-14-8-7-13-21(23)25(32-24)28-17-22(18-9-3-1-4-10-18)19-11-5-2-6-12-19;23-22-25-20-14-8-7-13-18(20)21(26-22)24-15-19(16-9-3-1-4-10-16)17-11-5-2-6-12-17;15-11-14(12-7-3-1-4-8-12)13-9-5-2-6-10-13;9-7-5-3-1-2-4-6(5)11-8(10)12-7;6-4-7-1-3(2-8-4)5(9)10;3-1-2-4/h1-17,19,24H,18H2,(H,30,32,33);1-16,22H,17H2,(H2,27,29,30)(H,28,31,32);1-14,19H,15H2,(H,24,25,26);1-10,14H,11,15H2;1-4H;1-2,9-10H,(H2,6,7,8);2H,1H2. The monoisotopic (exact) mass is 1830 g/mol. The van der Waals surface area contributed by atoms with Crippen molar-refractivity contribution < 1.29 is 14.8 Å². The minimum Gasteiger partial charge on any atom is -0.423 e. The summed E-state index contributed by atoms with van der Waals surface area (Å²) in [4.78, 5) is 68.8. The molecule has 8 heterocycles. The molecule has 0 saturated carbocycles. The summed E-state index contributed by atoms with van der Waals surface area (Å²) in [5.74, 6) is 5.51. The van der Waals surface area contributed by atoms with Gasteiger partial charge in [-0.2, -0.15) is 0 Å². The lowest BCUT2D eigenvalue weighted by Gasteiger charge is -2.20. The zero-order valence-corrected chi connectivity index (χ0v) is 74.7. The first-order chi connectivity index (χ1) is 65.2. The van der Waals surface area contributed by atoms with Crippen LogP contribution in [0, 0.1) is 0 Å². The van der Waals surface area contributed by atoms with Gasteiger partial charge in [-0.1, -0.05) is 303 Å². The Morgan fingerprint density at radius 3 is 0.992 bits per heavy atom. The number of nitrogen functional groups attached to an aromatic ring is 2. The van der Waals surface area contributed by atoms with Gasteiger partial charge in [0.1, 0.15) is 28.9 Å². The SMILES string of the molecule is Clc1nc(Cl)c2ccccc2n1.Clc1nc(NCC(c2ccccc2)c2ccccc2)c2ccccc2n1.NCC(c1ccccc1)c1ccccc1.Nc1ncc(-c2nc(NCC(c3ccccc3)c3ccccc3)c3ccccc3n2)cn1.Nc1ncc(B(O)O)cn1.O=CCCl.c1ccc(C(CNc2nc(-c3cnc4nccn4c3)nc3ccccc23)c2ccccc2)cc1. The van der Waals surface area contributed by atoms with Crippen molar-refractivity contribution in [2.45, 2.75) is 23.7 Å². The van der Waals surface area contributed by atoms with Gasteiger partial charge in [-0.3, -0.25) is 4.40 Å². The van der Waals surface area contributed by atoms with Crippen LogP contribution in [0.5, 0.6) is 0 Å². The van der Waals surface area contributed by atoms with Crippen molar-refractivity contribution in [3.63, 3.8) is 0 Å². The Bertz CT molecular complexity index is 6870. The number of imidazole rings is 1. The van der Waals surface area contributed by atoms with Crippen molar-refractivity contribution in [3.05, 3.63) is 450 Å². The second-order valence-electron chi connectivity index (χ2n) is 29.7. The average Bonchev–Trinajstić information content (AvgIpc) is 1.60. The summed E-state index contributed by atoms with van der Waals surface area (Å²) in [6.07, 6.45) is 13.8. The summed E-state index contributed by atoms with van der Waals surface area (Å²) in [6.45, 7) is 2.75. The number of fused-ring (bicyclic) bond motifs is 5. The number of carbonyl (C=O) groups is 1. The predicted molar refractivity (Wildman–Crippen MR) is 537 cm³/mol. The van der Waals surface area contributed by atoms with E-state index in [0.717, 1.165) is 72.2 Å². The number of hydrogen-bond acceptors (Lipinski definition) is 23. The minimum atomic E-state index is -1.53. The highest BCUT2D eigenvalue weighted by Gasteiger charge is 2.22. The van der Waals surface area contributed by atoms with Crippen LogP contribution < -0.4 is 38.6 Å². The van der Waals surface area contributed by atoms with Crippen molar-refractivity contribution in [2.24, 2.45) is 5.73 Å². The highest BCUT2D eigenvalue weighted by atomic mass is 35.5. The molecule has 0 saturated heterocycles. The molecule has 20 aromatic rings. The number of anilines is 5. The molecule has 0 radical (unpaired) electrons. The van der Waals surface area contributed by atoms with Crippen LogP contribution in [0.3, 0.4) is 0 Å². The molecular weight excluding hydrogens is 1740 g/mol. The Morgan fingerprint density at radius 1 is 0.346 bits per heavy atom. The third-order valence-electron chi connectivity index (χ3n) is 21.1. The fraction of sp³-hybridized carbons (Fsp3) is 0.0865. The van der Waals surface area contributed by atoms with E-state index >= 15 is 0 Å². The molecule has 0 amide bonds. The van der Waals surface area contributed by atoms with Crippen molar-refractivity contribution >= 4 is 144 Å². The van der Waals surface area contributed by atoms with E-state index < -0.39 is 7.12 Å². The van der Waals surface area contributed by atoms with Crippen LogP contribution in [-0.4, -0.2) is 130 Å². The molecular formula is C104H90BCl4N21O3. The number of rotatable bonds is 22. The number of aldehydes is 1. The molecule has 12 aromatic carbocycles. The summed E-state index contributed by atoms with van der Waals surface area (Å²) >= 11 is 22.4. The molecule has 660 valence electrons. The van der Waals surface area contributed by atoms with Gasteiger partial charge in [0.2, 0.25) is 28.2 Å². The molecule has 0 aliphatic carbocycles. The molecule has 29 heteroatoms. The lowest BCUT2D eigenvalue weighted by Crippen LogP contribution is -2.30. The number of hydrogen-bond donors (Lipinski definition) is 8. The third kappa shape index (κ3) is 26.2. The van der Waals surface area contributed by atoms with Gasteiger partial charge in [0.25, 0.3) is 0 Å². The summed E-state index contributed by atoms with van der Waals surface area (Å²) < 4.78 is 1.88. The summed E-state index contributed by atoms with van der Waals surface area (Å²) in [6, 6.07) is 115. The number of nitrogens with one attached hydrogen (secondary N) is 3. The van der Waals surface area contributed by atoms with Crippen LogP contribution in [0.1, 0.15) is 68.2 Å². The molecule has 0 bridgehead atoms. The number of nitrogens with two attached hydrogens (primary N) is 3. The maximum absolute atomic E-state index is 9.04. The van der Waals surface area contributed by atoms with Crippen molar-refractivity contribution in [1.82, 2.24) is 74.2 Å². The maximum Gasteiger partial charge on any atom is 0.491 e. The topological polar surface area (TPSA) is 357 Å². The molecule has 0 atom stereocenters. The fourth-order valence-corrected chi connectivity index (χ4v) is 15.2. The van der Waals surface area contributed by atoms with Gasteiger partial charge in [-0.25, -0.2) is 69.8 Å². The van der Waals surface area contributed by atoms with Gasteiger partial charge in [0.15, 0.2) is 11.6 Å². The molecule has 20 rings (SSSR count). The third-order valence-corrected chi connectivity index (χ3v) is 21.8. The number of halogens is 4. The highest BCUT2D eigenvalue weighted by molar-refractivity contribution is 6.58. The van der Waals surface area contributed by atoms with Crippen molar-refractivity contribution in [3.8, 4) is 22.8 Å². The second kappa shape index (κ2) is 48.3. The Labute approximate surface area is 788 Å². The van der Waals surface area contributed by atoms with E-state index in [0.29, 0.717) is 61.0 Å². The smallest absolute Gasteiger partial charge is 0.423 e. The number of para-hydroxylation sites is 4. The van der Waals surface area contributed by atoms with Crippen LogP contribution in [-0.2, 0) is 4.79 Å². The van der Waals surface area contributed by atoms with E-state index in [1.54, 1.807) is 24.8 Å². The molecule has 8 aromatic heterocycles. The lowest BCUT2D eigenvalue weighted by molar-refractivity contribution is -0.105. The summed E-state index contributed by atoms with van der Waals surface area (Å²) in [5, 5.41) is 32.4. The van der Waals surface area contributed by atoms with Gasteiger partial charge in [0, 0.05) is 126 Å². The molecule has 24 nitrogen and oxygen atoms in total. The average molecular weight is 1830 g/mol. The van der Waals surface area contributed by atoms with E-state index in [1.807, 2.05) is 156 Å². The number of benzene rings is 12. The normalized spacial score (nSPS) is 10.7. The summed E-state index contributed by atoms with van der Waals surface area (Å²) in [7, 11) is -1.53. The lowest BCUT2D eigenvalue weighted by atomic mass is 9.83. The molecule has 133 heavy (non-hydrogen) atoms. The predicted octanol–water partition coefficient (Wildman–Crippen LogP) is 19.9. The van der Waals surface area contributed by atoms with E-state index in [1.165, 1.54) is 56.9 Å². The van der Waals surface area contributed by atoms with E-state index in [2.05, 4.69) is 266 Å². The summed E-state index contributed by atoms with van der Waals surface area (Å²) in [5.41, 5.74) is 31.8. The molecule has 0 aliphatic heterocycles. The van der Waals surface area contributed by atoms with E-state index in [4.69, 9.17) is 98.4 Å². The Morgan fingerprint density at radius 2 is 0.639 bits per heavy atom. The zero-order valence-electron chi connectivity index (χ0n) is 71.7. The molecule has 0 fully saturated rings. The van der Waals surface area contributed by atoms with Crippen molar-refractivity contribution in [1.29, 1.82) is 0 Å². The maximum atomic E-state index is 9.04. The van der Waals surface area contributed by atoms with Crippen LogP contribution in [0.4, 0.5) is 29.4 Å². The molecule has 11 N–H and O–H groups in total. The number of carbonyl (C=O) groups excluding carboxylic acids is 1. The van der Waals surface area contributed by atoms with E-state index in [-0.39, 0.29) is 51.6 Å². The van der Waals surface area contributed by atoms with Gasteiger partial charge >= 0.3 is 7.12 Å².